The van der Waals surface area contributed by atoms with Gasteiger partial charge in [0.1, 0.15) is 0 Å². The van der Waals surface area contributed by atoms with Crippen LogP contribution in [0.25, 0.3) is 0 Å². The molecule has 116 valence electrons. The molecule has 3 heteroatoms. The number of piperidine rings is 1. The van der Waals surface area contributed by atoms with Crippen molar-refractivity contribution in [1.82, 2.24) is 4.90 Å². The Bertz CT molecular complexity index is 404. The average molecular weight is 289 g/mol. The van der Waals surface area contributed by atoms with Crippen molar-refractivity contribution in [3.05, 3.63) is 35.9 Å². The molecule has 3 nitrogen and oxygen atoms in total. The molecule has 0 radical (unpaired) electrons. The number of nitrogens with zero attached hydrogens (tertiary/aromatic N) is 1. The van der Waals surface area contributed by atoms with Crippen molar-refractivity contribution in [2.75, 3.05) is 39.5 Å². The molecule has 1 aromatic carbocycles. The van der Waals surface area contributed by atoms with Crippen LogP contribution < -0.4 is 0 Å². The third kappa shape index (κ3) is 4.29. The lowest BCUT2D eigenvalue weighted by atomic mass is 9.72. The van der Waals surface area contributed by atoms with Gasteiger partial charge >= 0.3 is 0 Å². The van der Waals surface area contributed by atoms with E-state index in [-0.39, 0.29) is 0 Å². The Labute approximate surface area is 128 Å². The first-order valence-corrected chi connectivity index (χ1v) is 8.28. The van der Waals surface area contributed by atoms with Gasteiger partial charge in [0.2, 0.25) is 0 Å². The molecule has 2 fully saturated rings. The molecular formula is C18H27NO2. The van der Waals surface area contributed by atoms with Crippen LogP contribution >= 0.6 is 0 Å². The minimum atomic E-state index is 0.597. The van der Waals surface area contributed by atoms with Gasteiger partial charge in [-0.3, -0.25) is 0 Å². The second-order valence-corrected chi connectivity index (χ2v) is 6.49. The molecule has 2 aliphatic rings. The van der Waals surface area contributed by atoms with Gasteiger partial charge in [-0.1, -0.05) is 30.3 Å². The van der Waals surface area contributed by atoms with E-state index in [9.17, 15) is 0 Å². The first-order valence-electron chi connectivity index (χ1n) is 8.28. The highest BCUT2D eigenvalue weighted by Gasteiger charge is 2.35. The third-order valence-corrected chi connectivity index (χ3v) is 5.13. The van der Waals surface area contributed by atoms with Crippen LogP contribution in [0.15, 0.2) is 30.3 Å². The zero-order valence-corrected chi connectivity index (χ0v) is 12.9. The molecule has 2 aliphatic heterocycles. The van der Waals surface area contributed by atoms with Gasteiger partial charge in [-0.05, 0) is 49.8 Å². The molecule has 0 aliphatic carbocycles. The number of likely N-dealkylation sites (tertiary alicyclic amines) is 1. The fourth-order valence-electron chi connectivity index (χ4n) is 3.51. The maximum absolute atomic E-state index is 5.80. The molecule has 0 aromatic heterocycles. The predicted molar refractivity (Wildman–Crippen MR) is 84.3 cm³/mol. The monoisotopic (exact) mass is 289 g/mol. The molecule has 0 amide bonds. The zero-order chi connectivity index (χ0) is 14.4. The Balaban J connectivity index is 1.32. The van der Waals surface area contributed by atoms with Gasteiger partial charge in [-0.2, -0.15) is 0 Å². The summed E-state index contributed by atoms with van der Waals surface area (Å²) in [6.07, 6.45) is 5.22. The van der Waals surface area contributed by atoms with Crippen molar-refractivity contribution in [1.29, 1.82) is 0 Å². The summed E-state index contributed by atoms with van der Waals surface area (Å²) in [6, 6.07) is 10.4. The quantitative estimate of drug-likeness (QED) is 0.778. The van der Waals surface area contributed by atoms with E-state index in [1.807, 2.05) is 6.07 Å². The molecular weight excluding hydrogens is 262 g/mol. The Morgan fingerprint density at radius 2 is 1.71 bits per heavy atom. The summed E-state index contributed by atoms with van der Waals surface area (Å²) in [5.74, 6) is 0. The summed E-state index contributed by atoms with van der Waals surface area (Å²) in [5.41, 5.74) is 1.86. The highest BCUT2D eigenvalue weighted by Crippen LogP contribution is 2.40. The second-order valence-electron chi connectivity index (χ2n) is 6.49. The van der Waals surface area contributed by atoms with Gasteiger partial charge in [0, 0.05) is 19.8 Å². The molecule has 2 heterocycles. The van der Waals surface area contributed by atoms with Crippen molar-refractivity contribution in [2.24, 2.45) is 5.41 Å². The Hall–Kier alpha value is -0.900. The molecule has 3 rings (SSSR count). The molecule has 2 saturated heterocycles. The fraction of sp³-hybridized carbons (Fsp3) is 0.667. The van der Waals surface area contributed by atoms with E-state index in [0.717, 1.165) is 33.0 Å². The van der Waals surface area contributed by atoms with E-state index >= 15 is 0 Å². The molecule has 0 N–H and O–H groups in total. The van der Waals surface area contributed by atoms with Gasteiger partial charge in [0.15, 0.2) is 0 Å². The van der Waals surface area contributed by atoms with Crippen molar-refractivity contribution in [3.8, 4) is 0 Å². The van der Waals surface area contributed by atoms with Crippen LogP contribution in [0.1, 0.15) is 31.2 Å². The van der Waals surface area contributed by atoms with Crippen molar-refractivity contribution in [2.45, 2.75) is 32.3 Å². The highest BCUT2D eigenvalue weighted by molar-refractivity contribution is 5.13. The van der Waals surface area contributed by atoms with E-state index in [2.05, 4.69) is 29.2 Å². The molecule has 0 saturated carbocycles. The van der Waals surface area contributed by atoms with Crippen LogP contribution in [-0.4, -0.2) is 44.4 Å². The number of hydrogen-bond acceptors (Lipinski definition) is 3. The molecule has 21 heavy (non-hydrogen) atoms. The minimum absolute atomic E-state index is 0.597. The molecule has 1 aromatic rings. The largest absolute Gasteiger partial charge is 0.381 e. The van der Waals surface area contributed by atoms with Gasteiger partial charge in [0.25, 0.3) is 0 Å². The Morgan fingerprint density at radius 1 is 1.00 bits per heavy atom. The Morgan fingerprint density at radius 3 is 2.43 bits per heavy atom. The van der Waals surface area contributed by atoms with Crippen LogP contribution in [0.3, 0.4) is 0 Å². The number of rotatable bonds is 5. The average Bonchev–Trinajstić information content (AvgIpc) is 2.55. The summed E-state index contributed by atoms with van der Waals surface area (Å²) in [5, 5.41) is 0. The summed E-state index contributed by atoms with van der Waals surface area (Å²) in [7, 11) is 0. The standard InChI is InChI=1S/C18H27NO2/c1-2-4-17(5-3-1)16-21-15-12-19-10-6-18(7-11-19)8-13-20-14-9-18/h1-5H,6-16H2. The van der Waals surface area contributed by atoms with Gasteiger partial charge < -0.3 is 14.4 Å². The lowest BCUT2D eigenvalue weighted by molar-refractivity contribution is -0.0249. The first-order chi connectivity index (χ1) is 10.4. The van der Waals surface area contributed by atoms with E-state index in [4.69, 9.17) is 9.47 Å². The highest BCUT2D eigenvalue weighted by atomic mass is 16.5. The second kappa shape index (κ2) is 7.39. The van der Waals surface area contributed by atoms with Gasteiger partial charge in [0.05, 0.1) is 13.2 Å². The predicted octanol–water partition coefficient (Wildman–Crippen LogP) is 3.10. The van der Waals surface area contributed by atoms with E-state index < -0.39 is 0 Å². The topological polar surface area (TPSA) is 21.7 Å². The van der Waals surface area contributed by atoms with Crippen LogP contribution in [0.2, 0.25) is 0 Å². The molecule has 1 spiro atoms. The maximum atomic E-state index is 5.80. The first kappa shape index (κ1) is 15.0. The summed E-state index contributed by atoms with van der Waals surface area (Å²) >= 11 is 0. The van der Waals surface area contributed by atoms with Crippen molar-refractivity contribution in [3.63, 3.8) is 0 Å². The molecule has 0 unspecified atom stereocenters. The SMILES string of the molecule is c1ccc(COCCN2CCC3(CCOCC3)CC2)cc1. The lowest BCUT2D eigenvalue weighted by Gasteiger charge is -2.44. The Kier molecular flexibility index (Phi) is 5.28. The van der Waals surface area contributed by atoms with Crippen LogP contribution in [-0.2, 0) is 16.1 Å². The number of ether oxygens (including phenoxy) is 2. The molecule has 0 atom stereocenters. The van der Waals surface area contributed by atoms with Gasteiger partial charge in [-0.15, -0.1) is 0 Å². The fourth-order valence-corrected chi connectivity index (χ4v) is 3.51. The summed E-state index contributed by atoms with van der Waals surface area (Å²) in [6.45, 7) is 7.05. The number of hydrogen-bond donors (Lipinski definition) is 0. The summed E-state index contributed by atoms with van der Waals surface area (Å²) in [4.78, 5) is 2.56. The lowest BCUT2D eigenvalue weighted by Crippen LogP contribution is -2.43. The maximum Gasteiger partial charge on any atom is 0.0717 e. The third-order valence-electron chi connectivity index (χ3n) is 5.13. The van der Waals surface area contributed by atoms with E-state index in [0.29, 0.717) is 5.41 Å². The normalized spacial score (nSPS) is 22.5. The minimum Gasteiger partial charge on any atom is -0.381 e. The van der Waals surface area contributed by atoms with E-state index in [1.165, 1.54) is 44.3 Å². The number of benzene rings is 1. The zero-order valence-electron chi connectivity index (χ0n) is 12.9. The van der Waals surface area contributed by atoms with Crippen molar-refractivity contribution < 1.29 is 9.47 Å². The van der Waals surface area contributed by atoms with Crippen LogP contribution in [0.5, 0.6) is 0 Å². The summed E-state index contributed by atoms with van der Waals surface area (Å²) < 4.78 is 11.3. The van der Waals surface area contributed by atoms with E-state index in [1.54, 1.807) is 0 Å². The van der Waals surface area contributed by atoms with Crippen LogP contribution in [0, 0.1) is 5.41 Å². The van der Waals surface area contributed by atoms with Crippen LogP contribution in [0.4, 0.5) is 0 Å². The van der Waals surface area contributed by atoms with Crippen molar-refractivity contribution >= 4 is 0 Å². The molecule has 0 bridgehead atoms. The van der Waals surface area contributed by atoms with Gasteiger partial charge in [-0.25, -0.2) is 0 Å². The smallest absolute Gasteiger partial charge is 0.0717 e.